The van der Waals surface area contributed by atoms with Crippen molar-refractivity contribution in [3.8, 4) is 0 Å². The summed E-state index contributed by atoms with van der Waals surface area (Å²) in [4.78, 5) is 26.1. The first-order valence-electron chi connectivity index (χ1n) is 19.6. The van der Waals surface area contributed by atoms with E-state index in [1.807, 2.05) is 0 Å². The minimum atomic E-state index is -4.52. The first kappa shape index (κ1) is 54.4. The Morgan fingerprint density at radius 3 is 1.00 bits per heavy atom. The monoisotopic (exact) mass is 920 g/mol. The molecule has 0 unspecified atom stereocenters. The molecule has 0 aliphatic rings. The molecule has 0 radical (unpaired) electrons. The molecule has 62 heavy (non-hydrogen) atoms. The predicted molar refractivity (Wildman–Crippen MR) is 224 cm³/mol. The number of hydrogen-bond acceptors (Lipinski definition) is 16. The van der Waals surface area contributed by atoms with E-state index >= 15 is 0 Å². The highest BCUT2D eigenvalue weighted by Crippen LogP contribution is 2.26. The van der Waals surface area contributed by atoms with Gasteiger partial charge < -0.3 is 58.0 Å². The number of allylic oxidation sites excluding steroid dienone is 2. The highest BCUT2D eigenvalue weighted by atomic mass is 32.2. The van der Waals surface area contributed by atoms with Gasteiger partial charge in [0.2, 0.25) is 0 Å². The van der Waals surface area contributed by atoms with E-state index in [0.717, 1.165) is 24.3 Å². The van der Waals surface area contributed by atoms with Gasteiger partial charge in [0.25, 0.3) is 32.1 Å². The number of rotatable bonds is 37. The van der Waals surface area contributed by atoms with Gasteiger partial charge in [0.05, 0.1) is 129 Å². The van der Waals surface area contributed by atoms with Crippen LogP contribution >= 0.6 is 0 Å². The van der Waals surface area contributed by atoms with Crippen molar-refractivity contribution >= 4 is 37.6 Å². The van der Waals surface area contributed by atoms with Crippen LogP contribution in [0.25, 0.3) is 5.57 Å². The van der Waals surface area contributed by atoms with Crippen LogP contribution in [0.5, 0.6) is 0 Å². The molecule has 2 aromatic rings. The van der Waals surface area contributed by atoms with Crippen LogP contribution in [-0.2, 0) is 77.2 Å². The fourth-order valence-corrected chi connectivity index (χ4v) is 5.83. The van der Waals surface area contributed by atoms with Crippen LogP contribution in [-0.4, -0.2) is 184 Å². The number of methoxy groups -OCH3 is 2. The number of amides is 2. The van der Waals surface area contributed by atoms with Gasteiger partial charge in [-0.25, -0.2) is 0 Å². The molecule has 350 valence electrons. The normalized spacial score (nSPS) is 11.6. The summed E-state index contributed by atoms with van der Waals surface area (Å²) >= 11 is 0. The smallest absolute Gasteiger partial charge is 0.294 e. The molecule has 0 spiro atoms. The van der Waals surface area contributed by atoms with Gasteiger partial charge in [-0.15, -0.1) is 0 Å². The van der Waals surface area contributed by atoms with Crippen molar-refractivity contribution in [2.24, 2.45) is 0 Å². The molecule has 0 saturated heterocycles. The summed E-state index contributed by atoms with van der Waals surface area (Å²) in [5.74, 6) is -1.49. The van der Waals surface area contributed by atoms with Crippen molar-refractivity contribution in [1.29, 1.82) is 0 Å². The number of carbonyl (C=O) groups is 2. The van der Waals surface area contributed by atoms with Crippen molar-refractivity contribution in [3.63, 3.8) is 0 Å². The van der Waals surface area contributed by atoms with Gasteiger partial charge in [0, 0.05) is 27.3 Å². The van der Waals surface area contributed by atoms with E-state index < -0.39 is 32.1 Å². The lowest BCUT2D eigenvalue weighted by molar-refractivity contribution is -0.123. The first-order valence-corrected chi connectivity index (χ1v) is 22.5. The van der Waals surface area contributed by atoms with Crippen molar-refractivity contribution in [1.82, 2.24) is 10.6 Å². The number of ether oxygens (including phenoxy) is 10. The second kappa shape index (κ2) is 32.9. The van der Waals surface area contributed by atoms with Crippen LogP contribution in [0.2, 0.25) is 0 Å². The zero-order valence-corrected chi connectivity index (χ0v) is 36.8. The molecule has 0 bridgehead atoms. The maximum atomic E-state index is 13.4. The zero-order chi connectivity index (χ0) is 45.3. The van der Waals surface area contributed by atoms with Gasteiger partial charge in [0.1, 0.15) is 5.57 Å². The van der Waals surface area contributed by atoms with Gasteiger partial charge in [0.15, 0.2) is 0 Å². The molecule has 2 amide bonds. The minimum absolute atomic E-state index is 0.0384. The summed E-state index contributed by atoms with van der Waals surface area (Å²) < 4.78 is 119. The van der Waals surface area contributed by atoms with Gasteiger partial charge in [-0.05, 0) is 47.0 Å². The molecule has 4 N–H and O–H groups in total. The number of hydrogen-bond donors (Lipinski definition) is 4. The lowest BCUT2D eigenvalue weighted by atomic mass is 9.97. The third kappa shape index (κ3) is 24.8. The first-order chi connectivity index (χ1) is 29.9. The summed E-state index contributed by atoms with van der Waals surface area (Å²) in [5.41, 5.74) is 0.750. The third-order valence-electron chi connectivity index (χ3n) is 7.99. The fraction of sp³-hybridized carbons (Fsp3) is 0.550. The molecule has 2 rings (SSSR count). The molecule has 2 aromatic carbocycles. The average Bonchev–Trinajstić information content (AvgIpc) is 3.24. The van der Waals surface area contributed by atoms with Crippen LogP contribution < -0.4 is 10.6 Å². The van der Waals surface area contributed by atoms with Crippen LogP contribution in [0.3, 0.4) is 0 Å². The van der Waals surface area contributed by atoms with Crippen molar-refractivity contribution in [2.75, 3.05) is 146 Å². The topological polar surface area (TPSA) is 259 Å². The maximum absolute atomic E-state index is 13.4. The van der Waals surface area contributed by atoms with E-state index in [1.54, 1.807) is 14.2 Å². The Labute approximate surface area is 363 Å². The van der Waals surface area contributed by atoms with Crippen molar-refractivity contribution in [2.45, 2.75) is 9.79 Å². The molecule has 0 atom stereocenters. The van der Waals surface area contributed by atoms with Gasteiger partial charge in [-0.1, -0.05) is 30.3 Å². The number of nitrogens with one attached hydrogen (secondary N) is 2. The molecule has 0 aliphatic carbocycles. The van der Waals surface area contributed by atoms with Crippen LogP contribution in [0.4, 0.5) is 0 Å². The van der Waals surface area contributed by atoms with Gasteiger partial charge in [-0.3, -0.25) is 18.7 Å². The molecule has 0 aromatic heterocycles. The van der Waals surface area contributed by atoms with Gasteiger partial charge in [-0.2, -0.15) is 16.8 Å². The molecule has 0 fully saturated rings. The predicted octanol–water partition coefficient (Wildman–Crippen LogP) is 1.20. The van der Waals surface area contributed by atoms with Crippen LogP contribution in [0.1, 0.15) is 11.1 Å². The van der Waals surface area contributed by atoms with Gasteiger partial charge >= 0.3 is 0 Å². The average molecular weight is 921 g/mol. The summed E-state index contributed by atoms with van der Waals surface area (Å²) in [6, 6.07) is 10.1. The van der Waals surface area contributed by atoms with E-state index in [4.69, 9.17) is 47.4 Å². The minimum Gasteiger partial charge on any atom is -0.382 e. The van der Waals surface area contributed by atoms with Crippen LogP contribution in [0, 0.1) is 0 Å². The van der Waals surface area contributed by atoms with Crippen molar-refractivity contribution in [3.05, 3.63) is 77.4 Å². The Kier molecular flexibility index (Phi) is 28.9. The zero-order valence-electron chi connectivity index (χ0n) is 35.2. The Morgan fingerprint density at radius 2 is 0.726 bits per heavy atom. The summed E-state index contributed by atoms with van der Waals surface area (Å²) in [6.07, 6.45) is 2.66. The molecule has 22 heteroatoms. The Morgan fingerprint density at radius 1 is 0.452 bits per heavy atom. The van der Waals surface area contributed by atoms with E-state index in [2.05, 4.69) is 10.6 Å². The third-order valence-corrected chi connectivity index (χ3v) is 9.73. The summed E-state index contributed by atoms with van der Waals surface area (Å²) in [6.45, 7) is 6.57. The Bertz CT molecular complexity index is 1700. The van der Waals surface area contributed by atoms with E-state index in [0.29, 0.717) is 96.0 Å². The lowest BCUT2D eigenvalue weighted by Gasteiger charge is -2.12. The molecule has 0 heterocycles. The standard InChI is InChI=1S/C40H60N2O18S2/c1-51-17-19-55-25-27-59-31-29-57-23-21-53-15-13-41-39(43)38(40(44)42-14-16-54-22-24-58-30-32-60-28-26-56-20-18-52-2)12-11-37(33-3-7-35(8-4-33)61(45,46)47)34-5-9-36(10-6-34)62(48,49)50/h3-12H,13-32H2,1-2H3,(H,41,43)(H,42,44)(H,45,46,47)(H,48,49,50). The summed E-state index contributed by atoms with van der Waals surface area (Å²) in [5, 5.41) is 5.30. The highest BCUT2D eigenvalue weighted by molar-refractivity contribution is 7.86. The second-order valence-corrected chi connectivity index (χ2v) is 15.4. The molecular weight excluding hydrogens is 861 g/mol. The summed E-state index contributed by atoms with van der Waals surface area (Å²) in [7, 11) is -5.85. The fourth-order valence-electron chi connectivity index (χ4n) is 4.87. The Balaban J connectivity index is 2.04. The molecular formula is C40H60N2O18S2. The lowest BCUT2D eigenvalue weighted by Crippen LogP contribution is -2.37. The van der Waals surface area contributed by atoms with E-state index in [9.17, 15) is 35.5 Å². The van der Waals surface area contributed by atoms with Crippen LogP contribution in [0.15, 0.2) is 76.0 Å². The maximum Gasteiger partial charge on any atom is 0.294 e. The largest absolute Gasteiger partial charge is 0.382 e. The van der Waals surface area contributed by atoms with E-state index in [1.165, 1.54) is 36.4 Å². The second-order valence-electron chi connectivity index (χ2n) is 12.6. The number of carbonyl (C=O) groups excluding carboxylic acids is 2. The molecule has 0 saturated carbocycles. The highest BCUT2D eigenvalue weighted by Gasteiger charge is 2.19. The molecule has 0 aliphatic heterocycles. The Hall–Kier alpha value is -3.72. The SMILES string of the molecule is COCCOCCOCCOCCOCCNC(=O)C(=CC=C(c1ccc(S(=O)(=O)O)cc1)c1ccc(S(=O)(=O)O)cc1)C(=O)NCCOCCOCCOCCOCCOC. The quantitative estimate of drug-likeness (QED) is 0.0185. The number of benzene rings is 2. The van der Waals surface area contributed by atoms with E-state index in [-0.39, 0.29) is 68.1 Å². The van der Waals surface area contributed by atoms with Crippen molar-refractivity contribution < 1.29 is 82.9 Å². The molecule has 20 nitrogen and oxygen atoms in total.